The van der Waals surface area contributed by atoms with E-state index >= 15 is 0 Å². The summed E-state index contributed by atoms with van der Waals surface area (Å²) in [6, 6.07) is 18.5. The van der Waals surface area contributed by atoms with E-state index in [4.69, 9.17) is 18.2 Å². The van der Waals surface area contributed by atoms with Crippen LogP contribution in [-0.2, 0) is 9.59 Å². The molecule has 5 saturated heterocycles. The summed E-state index contributed by atoms with van der Waals surface area (Å²) in [5, 5.41) is 2.75. The van der Waals surface area contributed by atoms with Crippen molar-refractivity contribution in [2.24, 2.45) is 5.41 Å². The first-order valence-electron chi connectivity index (χ1n) is 20.0. The molecule has 1 atom stereocenters. The molecule has 0 radical (unpaired) electrons. The summed E-state index contributed by atoms with van der Waals surface area (Å²) < 4.78 is 0. The first kappa shape index (κ1) is 37.1. The molecule has 0 aromatic heterocycles. The quantitative estimate of drug-likeness (QED) is 0.277. The second-order valence-electron chi connectivity index (χ2n) is 16.4. The highest BCUT2D eigenvalue weighted by molar-refractivity contribution is 6.33. The number of carbonyl (C=O) groups is 5. The Balaban J connectivity index is 0.748. The van der Waals surface area contributed by atoms with E-state index in [1.807, 2.05) is 41.3 Å². The van der Waals surface area contributed by atoms with Crippen LogP contribution in [0.25, 0.3) is 4.85 Å². The zero-order chi connectivity index (χ0) is 39.4. The summed E-state index contributed by atoms with van der Waals surface area (Å²) in [7, 11) is 0. The molecule has 294 valence electrons. The van der Waals surface area contributed by atoms with Crippen LogP contribution in [0.15, 0.2) is 60.7 Å². The van der Waals surface area contributed by atoms with Crippen molar-refractivity contribution in [2.75, 3.05) is 80.1 Å². The fraction of sp³-hybridized carbons (Fsp3) is 0.442. The Morgan fingerprint density at radius 1 is 0.754 bits per heavy atom. The molecule has 1 unspecified atom stereocenters. The Kier molecular flexibility index (Phi) is 9.65. The van der Waals surface area contributed by atoms with Crippen LogP contribution in [0, 0.1) is 12.0 Å². The van der Waals surface area contributed by atoms with Crippen molar-refractivity contribution >= 4 is 63.9 Å². The second-order valence-corrected chi connectivity index (χ2v) is 16.8. The topological polar surface area (TPSA) is 121 Å². The molecule has 6 heterocycles. The van der Waals surface area contributed by atoms with Crippen molar-refractivity contribution in [3.8, 4) is 0 Å². The standard InChI is InChI=1S/C43H45ClN8O5/c1-45-36-10-8-31(24-35(36)44)50-20-15-43(27-50)13-18-48(19-14-43)29-5-3-28(4-6-29)40(55)49-17-2-16-47(21-22-49)32-25-51(26-32)30-7-9-33-34(23-30)42(57)52(41(33)56)37-11-12-38(53)46-39(37)54/h3-10,23-24,32,37H,2,11-22,25-27H2,(H,46,53,54). The smallest absolute Gasteiger partial charge is 0.262 e. The lowest BCUT2D eigenvalue weighted by Crippen LogP contribution is -2.60. The van der Waals surface area contributed by atoms with Crippen LogP contribution < -0.4 is 20.0 Å². The van der Waals surface area contributed by atoms with E-state index in [9.17, 15) is 24.0 Å². The minimum atomic E-state index is -0.983. The van der Waals surface area contributed by atoms with Crippen LogP contribution in [0.5, 0.6) is 0 Å². The highest BCUT2D eigenvalue weighted by Crippen LogP contribution is 2.44. The number of imide groups is 2. The van der Waals surface area contributed by atoms with Gasteiger partial charge in [0.15, 0.2) is 0 Å². The van der Waals surface area contributed by atoms with Gasteiger partial charge in [-0.15, -0.1) is 0 Å². The fourth-order valence-corrected chi connectivity index (χ4v) is 9.86. The summed E-state index contributed by atoms with van der Waals surface area (Å²) >= 11 is 6.34. The number of rotatable bonds is 6. The largest absolute Gasteiger partial charge is 0.371 e. The molecule has 0 aliphatic carbocycles. The Bertz CT molecular complexity index is 2190. The van der Waals surface area contributed by atoms with Crippen molar-refractivity contribution in [2.45, 2.75) is 50.6 Å². The molecule has 9 rings (SSSR count). The molecule has 13 nitrogen and oxygen atoms in total. The number of nitrogens with zero attached hydrogens (tertiary/aromatic N) is 7. The Labute approximate surface area is 336 Å². The van der Waals surface area contributed by atoms with Crippen LogP contribution in [0.4, 0.5) is 22.7 Å². The number of benzene rings is 3. The van der Waals surface area contributed by atoms with Gasteiger partial charge in [-0.3, -0.25) is 39.1 Å². The summed E-state index contributed by atoms with van der Waals surface area (Å²) in [6.45, 7) is 15.8. The number of piperidine rings is 2. The van der Waals surface area contributed by atoms with Crippen molar-refractivity contribution in [3.05, 3.63) is 93.8 Å². The first-order valence-corrected chi connectivity index (χ1v) is 20.4. The van der Waals surface area contributed by atoms with E-state index in [0.717, 1.165) is 100 Å². The molecule has 0 bridgehead atoms. The van der Waals surface area contributed by atoms with Gasteiger partial charge in [0.25, 0.3) is 17.7 Å². The summed E-state index contributed by atoms with van der Waals surface area (Å²) in [4.78, 5) is 80.1. The fourth-order valence-electron chi connectivity index (χ4n) is 9.64. The van der Waals surface area contributed by atoms with Crippen LogP contribution >= 0.6 is 11.6 Å². The molecule has 5 fully saturated rings. The van der Waals surface area contributed by atoms with E-state index in [1.165, 1.54) is 0 Å². The van der Waals surface area contributed by atoms with E-state index in [1.54, 1.807) is 12.1 Å². The van der Waals surface area contributed by atoms with Gasteiger partial charge in [0.05, 0.1) is 17.7 Å². The molecule has 1 spiro atoms. The first-order chi connectivity index (χ1) is 27.6. The number of hydrogen-bond acceptors (Lipinski definition) is 9. The molecule has 3 aromatic rings. The maximum Gasteiger partial charge on any atom is 0.262 e. The van der Waals surface area contributed by atoms with Crippen LogP contribution in [0.2, 0.25) is 5.02 Å². The molecule has 14 heteroatoms. The van der Waals surface area contributed by atoms with Gasteiger partial charge >= 0.3 is 0 Å². The number of nitrogens with one attached hydrogen (secondary N) is 1. The van der Waals surface area contributed by atoms with E-state index < -0.39 is 29.7 Å². The summed E-state index contributed by atoms with van der Waals surface area (Å²) in [6.07, 6.45) is 4.47. The molecule has 3 aromatic carbocycles. The molecule has 5 amide bonds. The van der Waals surface area contributed by atoms with Gasteiger partial charge in [0.2, 0.25) is 17.5 Å². The molecular weight excluding hydrogens is 744 g/mol. The second kappa shape index (κ2) is 14.8. The van der Waals surface area contributed by atoms with E-state index in [0.29, 0.717) is 35.4 Å². The molecule has 6 aliphatic rings. The Hall–Kier alpha value is -5.45. The predicted octanol–water partition coefficient (Wildman–Crippen LogP) is 4.83. The average molecular weight is 789 g/mol. The molecule has 6 aliphatic heterocycles. The molecule has 1 N–H and O–H groups in total. The number of carbonyl (C=O) groups excluding carboxylic acids is 5. The lowest BCUT2D eigenvalue weighted by Gasteiger charge is -2.46. The third-order valence-corrected chi connectivity index (χ3v) is 13.4. The number of fused-ring (bicyclic) bond motifs is 1. The minimum Gasteiger partial charge on any atom is -0.371 e. The molecular formula is C43H45ClN8O5. The zero-order valence-corrected chi connectivity index (χ0v) is 32.5. The number of anilines is 3. The maximum absolute atomic E-state index is 13.7. The van der Waals surface area contributed by atoms with Crippen molar-refractivity contribution in [1.29, 1.82) is 0 Å². The van der Waals surface area contributed by atoms with E-state index in [-0.39, 0.29) is 35.3 Å². The average Bonchev–Trinajstić information content (AvgIpc) is 3.60. The number of halogens is 1. The normalized spacial score (nSPS) is 22.7. The highest BCUT2D eigenvalue weighted by Gasteiger charge is 2.45. The van der Waals surface area contributed by atoms with E-state index in [2.05, 4.69) is 41.9 Å². The monoisotopic (exact) mass is 788 g/mol. The van der Waals surface area contributed by atoms with Crippen molar-refractivity contribution in [1.82, 2.24) is 20.0 Å². The van der Waals surface area contributed by atoms with Crippen molar-refractivity contribution in [3.63, 3.8) is 0 Å². The van der Waals surface area contributed by atoms with Gasteiger partial charge in [0, 0.05) is 106 Å². The molecule has 57 heavy (non-hydrogen) atoms. The van der Waals surface area contributed by atoms with Crippen LogP contribution in [0.3, 0.4) is 0 Å². The zero-order valence-electron chi connectivity index (χ0n) is 31.8. The van der Waals surface area contributed by atoms with Crippen LogP contribution in [0.1, 0.15) is 69.6 Å². The molecule has 0 saturated carbocycles. The number of hydrogen-bond donors (Lipinski definition) is 1. The van der Waals surface area contributed by atoms with Crippen molar-refractivity contribution < 1.29 is 24.0 Å². The Morgan fingerprint density at radius 3 is 2.16 bits per heavy atom. The van der Waals surface area contributed by atoms with Gasteiger partial charge in [0.1, 0.15) is 6.04 Å². The summed E-state index contributed by atoms with van der Waals surface area (Å²) in [5.41, 5.74) is 5.15. The maximum atomic E-state index is 13.7. The van der Waals surface area contributed by atoms with Crippen LogP contribution in [-0.4, -0.2) is 122 Å². The van der Waals surface area contributed by atoms with Gasteiger partial charge in [-0.05, 0) is 92.1 Å². The predicted molar refractivity (Wildman–Crippen MR) is 216 cm³/mol. The van der Waals surface area contributed by atoms with Gasteiger partial charge in [-0.2, -0.15) is 0 Å². The lowest BCUT2D eigenvalue weighted by molar-refractivity contribution is -0.136. The van der Waals surface area contributed by atoms with Gasteiger partial charge < -0.3 is 19.6 Å². The number of amides is 5. The SMILES string of the molecule is [C-]#[N+]c1ccc(N2CCC3(CCN(c4ccc(C(=O)N5CCCN(C6CN(c7ccc8c(c7)C(=O)N(C7CCC(=O)NC7=O)C8=O)C6)CC5)cc4)CC3)C2)cc1Cl. The van der Waals surface area contributed by atoms with Gasteiger partial charge in [-0.1, -0.05) is 17.7 Å². The highest BCUT2D eigenvalue weighted by atomic mass is 35.5. The third-order valence-electron chi connectivity index (χ3n) is 13.1. The van der Waals surface area contributed by atoms with Gasteiger partial charge in [-0.25, -0.2) is 4.85 Å². The Morgan fingerprint density at radius 2 is 1.44 bits per heavy atom. The third kappa shape index (κ3) is 6.89. The minimum absolute atomic E-state index is 0.0653. The summed E-state index contributed by atoms with van der Waals surface area (Å²) in [5.74, 6) is -1.95. The lowest BCUT2D eigenvalue weighted by atomic mass is 9.77.